The van der Waals surface area contributed by atoms with Gasteiger partial charge in [-0.3, -0.25) is 0 Å². The average Bonchev–Trinajstić information content (AvgIpc) is 2.15. The highest BCUT2D eigenvalue weighted by atomic mass is 127. The van der Waals surface area contributed by atoms with Gasteiger partial charge in [0.15, 0.2) is 0 Å². The summed E-state index contributed by atoms with van der Waals surface area (Å²) in [6, 6.07) is 8.44. The number of halogens is 1. The zero-order valence-corrected chi connectivity index (χ0v) is 9.62. The van der Waals surface area contributed by atoms with Crippen LogP contribution in [0.1, 0.15) is 12.0 Å². The van der Waals surface area contributed by atoms with Gasteiger partial charge in [-0.15, -0.1) is 0 Å². The molecule has 1 aromatic carbocycles. The number of hydrogen-bond donors (Lipinski definition) is 2. The lowest BCUT2D eigenvalue weighted by Crippen LogP contribution is -2.15. The summed E-state index contributed by atoms with van der Waals surface area (Å²) in [4.78, 5) is 0. The SMILES string of the molecule is OCCCNCc1ccc(I)cc1. The van der Waals surface area contributed by atoms with Gasteiger partial charge in [0.25, 0.3) is 0 Å². The summed E-state index contributed by atoms with van der Waals surface area (Å²) in [7, 11) is 0. The van der Waals surface area contributed by atoms with Crippen LogP contribution in [0.2, 0.25) is 0 Å². The van der Waals surface area contributed by atoms with E-state index in [-0.39, 0.29) is 6.61 Å². The molecule has 0 aliphatic carbocycles. The highest BCUT2D eigenvalue weighted by Gasteiger charge is 1.91. The Morgan fingerprint density at radius 2 is 1.92 bits per heavy atom. The van der Waals surface area contributed by atoms with E-state index < -0.39 is 0 Å². The molecule has 0 atom stereocenters. The summed E-state index contributed by atoms with van der Waals surface area (Å²) in [5.41, 5.74) is 1.29. The quantitative estimate of drug-likeness (QED) is 0.640. The lowest BCUT2D eigenvalue weighted by atomic mass is 10.2. The van der Waals surface area contributed by atoms with Crippen molar-refractivity contribution in [2.45, 2.75) is 13.0 Å². The minimum atomic E-state index is 0.264. The molecule has 0 aliphatic rings. The number of aliphatic hydroxyl groups is 1. The number of nitrogens with one attached hydrogen (secondary N) is 1. The summed E-state index contributed by atoms with van der Waals surface area (Å²) < 4.78 is 1.26. The fraction of sp³-hybridized carbons (Fsp3) is 0.400. The monoisotopic (exact) mass is 291 g/mol. The number of rotatable bonds is 5. The predicted octanol–water partition coefficient (Wildman–Crippen LogP) is 1.76. The second-order valence-electron chi connectivity index (χ2n) is 2.88. The van der Waals surface area contributed by atoms with E-state index in [2.05, 4.69) is 52.2 Å². The van der Waals surface area contributed by atoms with Crippen LogP contribution in [-0.2, 0) is 6.54 Å². The molecule has 1 rings (SSSR count). The Bertz CT molecular complexity index is 235. The Morgan fingerprint density at radius 1 is 1.23 bits per heavy atom. The van der Waals surface area contributed by atoms with Crippen molar-refractivity contribution in [3.05, 3.63) is 33.4 Å². The molecule has 0 saturated heterocycles. The van der Waals surface area contributed by atoms with E-state index in [1.54, 1.807) is 0 Å². The van der Waals surface area contributed by atoms with Crippen molar-refractivity contribution in [2.24, 2.45) is 0 Å². The van der Waals surface area contributed by atoms with Gasteiger partial charge >= 0.3 is 0 Å². The first-order chi connectivity index (χ1) is 6.33. The molecule has 0 heterocycles. The molecule has 0 amide bonds. The summed E-state index contributed by atoms with van der Waals surface area (Å²) in [6.45, 7) is 2.03. The molecule has 3 heteroatoms. The Kier molecular flexibility index (Phi) is 5.34. The summed E-state index contributed by atoms with van der Waals surface area (Å²) in [6.07, 6.45) is 0.824. The molecular formula is C10H14INO. The Labute approximate surface area is 92.5 Å². The molecule has 0 aromatic heterocycles. The van der Waals surface area contributed by atoms with Gasteiger partial charge in [0, 0.05) is 16.7 Å². The molecule has 2 N–H and O–H groups in total. The molecule has 0 fully saturated rings. The molecule has 0 unspecified atom stereocenters. The zero-order valence-electron chi connectivity index (χ0n) is 7.46. The van der Waals surface area contributed by atoms with Crippen LogP contribution in [-0.4, -0.2) is 18.3 Å². The van der Waals surface area contributed by atoms with Crippen LogP contribution in [0.4, 0.5) is 0 Å². The minimum Gasteiger partial charge on any atom is -0.396 e. The lowest BCUT2D eigenvalue weighted by molar-refractivity contribution is 0.286. The van der Waals surface area contributed by atoms with Crippen molar-refractivity contribution in [3.63, 3.8) is 0 Å². The van der Waals surface area contributed by atoms with E-state index in [1.807, 2.05) is 0 Å². The molecular weight excluding hydrogens is 277 g/mol. The first kappa shape index (κ1) is 10.9. The van der Waals surface area contributed by atoms with E-state index in [9.17, 15) is 0 Å². The Morgan fingerprint density at radius 3 is 2.54 bits per heavy atom. The standard InChI is InChI=1S/C10H14INO/c11-10-4-2-9(3-5-10)8-12-6-1-7-13/h2-5,12-13H,1,6-8H2. The third-order valence-corrected chi connectivity index (χ3v) is 2.47. The smallest absolute Gasteiger partial charge is 0.0443 e. The van der Waals surface area contributed by atoms with Crippen LogP contribution >= 0.6 is 22.6 Å². The number of hydrogen-bond acceptors (Lipinski definition) is 2. The van der Waals surface area contributed by atoms with Gasteiger partial charge in [0.05, 0.1) is 0 Å². The summed E-state index contributed by atoms with van der Waals surface area (Å²) in [5, 5.41) is 11.8. The second kappa shape index (κ2) is 6.34. The molecule has 0 bridgehead atoms. The van der Waals surface area contributed by atoms with Crippen molar-refractivity contribution in [1.82, 2.24) is 5.32 Å². The maximum atomic E-state index is 8.56. The third kappa shape index (κ3) is 4.59. The Balaban J connectivity index is 2.25. The molecule has 0 aliphatic heterocycles. The molecule has 1 aromatic rings. The third-order valence-electron chi connectivity index (χ3n) is 1.75. The van der Waals surface area contributed by atoms with Gasteiger partial charge < -0.3 is 10.4 Å². The van der Waals surface area contributed by atoms with E-state index >= 15 is 0 Å². The van der Waals surface area contributed by atoms with Gasteiger partial charge in [-0.05, 0) is 53.3 Å². The molecule has 2 nitrogen and oxygen atoms in total. The largest absolute Gasteiger partial charge is 0.396 e. The molecule has 0 spiro atoms. The maximum absolute atomic E-state index is 8.56. The van der Waals surface area contributed by atoms with Crippen molar-refractivity contribution in [1.29, 1.82) is 0 Å². The first-order valence-corrected chi connectivity index (χ1v) is 5.47. The predicted molar refractivity (Wildman–Crippen MR) is 62.6 cm³/mol. The highest BCUT2D eigenvalue weighted by molar-refractivity contribution is 14.1. The van der Waals surface area contributed by atoms with Crippen molar-refractivity contribution in [3.8, 4) is 0 Å². The normalized spacial score (nSPS) is 10.3. The molecule has 13 heavy (non-hydrogen) atoms. The number of aliphatic hydroxyl groups excluding tert-OH is 1. The van der Waals surface area contributed by atoms with Gasteiger partial charge in [0.2, 0.25) is 0 Å². The van der Waals surface area contributed by atoms with E-state index in [4.69, 9.17) is 5.11 Å². The molecule has 72 valence electrons. The van der Waals surface area contributed by atoms with Gasteiger partial charge in [-0.25, -0.2) is 0 Å². The fourth-order valence-corrected chi connectivity index (χ4v) is 1.40. The summed E-state index contributed by atoms with van der Waals surface area (Å²) in [5.74, 6) is 0. The van der Waals surface area contributed by atoms with Crippen LogP contribution in [0.25, 0.3) is 0 Å². The van der Waals surface area contributed by atoms with Gasteiger partial charge in [-0.1, -0.05) is 12.1 Å². The van der Waals surface area contributed by atoms with Crippen LogP contribution in [0.5, 0.6) is 0 Å². The van der Waals surface area contributed by atoms with Crippen molar-refractivity contribution >= 4 is 22.6 Å². The maximum Gasteiger partial charge on any atom is 0.0443 e. The molecule has 0 radical (unpaired) electrons. The number of benzene rings is 1. The van der Waals surface area contributed by atoms with Crippen molar-refractivity contribution < 1.29 is 5.11 Å². The second-order valence-corrected chi connectivity index (χ2v) is 4.13. The Hall–Kier alpha value is -0.130. The zero-order chi connectivity index (χ0) is 9.52. The van der Waals surface area contributed by atoms with Gasteiger partial charge in [0.1, 0.15) is 0 Å². The van der Waals surface area contributed by atoms with Crippen molar-refractivity contribution in [2.75, 3.05) is 13.2 Å². The van der Waals surface area contributed by atoms with Gasteiger partial charge in [-0.2, -0.15) is 0 Å². The topological polar surface area (TPSA) is 32.3 Å². The van der Waals surface area contributed by atoms with E-state index in [0.717, 1.165) is 19.5 Å². The first-order valence-electron chi connectivity index (χ1n) is 4.39. The molecule has 0 saturated carbocycles. The fourth-order valence-electron chi connectivity index (χ4n) is 1.04. The minimum absolute atomic E-state index is 0.264. The van der Waals surface area contributed by atoms with E-state index in [0.29, 0.717) is 0 Å². The summed E-state index contributed by atoms with van der Waals surface area (Å²) >= 11 is 2.29. The van der Waals surface area contributed by atoms with E-state index in [1.165, 1.54) is 9.13 Å². The highest BCUT2D eigenvalue weighted by Crippen LogP contribution is 2.06. The average molecular weight is 291 g/mol. The van der Waals surface area contributed by atoms with Crippen LogP contribution in [0.15, 0.2) is 24.3 Å². The van der Waals surface area contributed by atoms with Crippen LogP contribution < -0.4 is 5.32 Å². The lowest BCUT2D eigenvalue weighted by Gasteiger charge is -2.03. The van der Waals surface area contributed by atoms with Crippen LogP contribution in [0.3, 0.4) is 0 Å². The van der Waals surface area contributed by atoms with Crippen LogP contribution in [0, 0.1) is 3.57 Å².